The lowest BCUT2D eigenvalue weighted by molar-refractivity contribution is -0.138. The van der Waals surface area contributed by atoms with Crippen molar-refractivity contribution in [2.75, 3.05) is 20.7 Å². The van der Waals surface area contributed by atoms with Crippen LogP contribution < -0.4 is 10.0 Å². The van der Waals surface area contributed by atoms with Gasteiger partial charge in [-0.25, -0.2) is 17.9 Å². The van der Waals surface area contributed by atoms with Crippen molar-refractivity contribution in [3.05, 3.63) is 29.3 Å². The number of carbonyl (C=O) groups is 1. The molecule has 1 aromatic rings. The number of carbonyl (C=O) groups excluding carboxylic acids is 1. The van der Waals surface area contributed by atoms with Gasteiger partial charge in [0.15, 0.2) is 0 Å². The molecule has 0 aliphatic carbocycles. The van der Waals surface area contributed by atoms with Crippen LogP contribution in [-0.2, 0) is 20.9 Å². The Morgan fingerprint density at radius 3 is 2.43 bits per heavy atom. The molecule has 0 bridgehead atoms. The molecule has 23 heavy (non-hydrogen) atoms. The SMILES string of the molecule is CNC(C)CNS(=O)(=O)c1ccc(C(=O)OC)c(C(F)(F)F)c1. The van der Waals surface area contributed by atoms with Gasteiger partial charge in [0.05, 0.1) is 23.1 Å². The molecular formula is C13H17F3N2O4S. The summed E-state index contributed by atoms with van der Waals surface area (Å²) >= 11 is 0. The number of rotatable bonds is 6. The van der Waals surface area contributed by atoms with E-state index in [1.165, 1.54) is 0 Å². The second-order valence-corrected chi connectivity index (χ2v) is 6.51. The van der Waals surface area contributed by atoms with Crippen LogP contribution in [0.3, 0.4) is 0 Å². The summed E-state index contributed by atoms with van der Waals surface area (Å²) in [6.45, 7) is 1.70. The van der Waals surface area contributed by atoms with E-state index in [1.54, 1.807) is 14.0 Å². The third kappa shape index (κ3) is 4.91. The number of sulfonamides is 1. The van der Waals surface area contributed by atoms with Crippen molar-refractivity contribution in [3.8, 4) is 0 Å². The van der Waals surface area contributed by atoms with Gasteiger partial charge in [0, 0.05) is 12.6 Å². The molecule has 10 heteroatoms. The van der Waals surface area contributed by atoms with Crippen LogP contribution in [0.15, 0.2) is 23.1 Å². The Labute approximate surface area is 132 Å². The maximum atomic E-state index is 13.0. The summed E-state index contributed by atoms with van der Waals surface area (Å²) in [6, 6.07) is 1.92. The summed E-state index contributed by atoms with van der Waals surface area (Å²) in [7, 11) is -1.58. The van der Waals surface area contributed by atoms with Crippen molar-refractivity contribution in [2.24, 2.45) is 0 Å². The molecule has 0 radical (unpaired) electrons. The Kier molecular flexibility index (Phi) is 6.14. The van der Waals surface area contributed by atoms with Crippen LogP contribution in [0.25, 0.3) is 0 Å². The first-order valence-electron chi connectivity index (χ1n) is 6.49. The van der Waals surface area contributed by atoms with E-state index in [0.717, 1.165) is 19.2 Å². The van der Waals surface area contributed by atoms with Crippen LogP contribution in [0.2, 0.25) is 0 Å². The average Bonchev–Trinajstić information content (AvgIpc) is 2.50. The molecule has 0 aliphatic rings. The number of hydrogen-bond acceptors (Lipinski definition) is 5. The Bertz CT molecular complexity index is 674. The van der Waals surface area contributed by atoms with Gasteiger partial charge in [-0.3, -0.25) is 0 Å². The number of methoxy groups -OCH3 is 1. The molecule has 0 spiro atoms. The van der Waals surface area contributed by atoms with E-state index in [4.69, 9.17) is 0 Å². The predicted octanol–water partition coefficient (Wildman–Crippen LogP) is 1.38. The average molecular weight is 354 g/mol. The second-order valence-electron chi connectivity index (χ2n) is 4.74. The van der Waals surface area contributed by atoms with Crippen LogP contribution in [0, 0.1) is 0 Å². The van der Waals surface area contributed by atoms with Gasteiger partial charge in [0.25, 0.3) is 0 Å². The Balaban J connectivity index is 3.27. The highest BCUT2D eigenvalue weighted by molar-refractivity contribution is 7.89. The lowest BCUT2D eigenvalue weighted by Crippen LogP contribution is -2.37. The molecule has 130 valence electrons. The van der Waals surface area contributed by atoms with Gasteiger partial charge >= 0.3 is 12.1 Å². The van der Waals surface area contributed by atoms with E-state index in [0.29, 0.717) is 6.07 Å². The van der Waals surface area contributed by atoms with E-state index in [-0.39, 0.29) is 12.6 Å². The number of alkyl halides is 3. The first kappa shape index (κ1) is 19.4. The third-order valence-corrected chi connectivity index (χ3v) is 4.51. The molecule has 0 heterocycles. The van der Waals surface area contributed by atoms with Crippen LogP contribution in [0.5, 0.6) is 0 Å². The van der Waals surface area contributed by atoms with Gasteiger partial charge in [0.1, 0.15) is 0 Å². The number of likely N-dealkylation sites (N-methyl/N-ethyl adjacent to an activating group) is 1. The standard InChI is InChI=1S/C13H17F3N2O4S/c1-8(17-2)7-18-23(20,21)9-4-5-10(12(19)22-3)11(6-9)13(14,15)16/h4-6,8,17-18H,7H2,1-3H3. The van der Waals surface area contributed by atoms with Crippen molar-refractivity contribution in [3.63, 3.8) is 0 Å². The van der Waals surface area contributed by atoms with Crippen molar-refractivity contribution >= 4 is 16.0 Å². The lowest BCUT2D eigenvalue weighted by atomic mass is 10.1. The highest BCUT2D eigenvalue weighted by atomic mass is 32.2. The smallest absolute Gasteiger partial charge is 0.417 e. The Morgan fingerprint density at radius 1 is 1.35 bits per heavy atom. The number of ether oxygens (including phenoxy) is 1. The zero-order valence-electron chi connectivity index (χ0n) is 12.7. The zero-order valence-corrected chi connectivity index (χ0v) is 13.5. The summed E-state index contributed by atoms with van der Waals surface area (Å²) in [5.41, 5.74) is -2.11. The summed E-state index contributed by atoms with van der Waals surface area (Å²) in [5.74, 6) is -1.20. The molecular weight excluding hydrogens is 337 g/mol. The summed E-state index contributed by atoms with van der Waals surface area (Å²) in [6.07, 6.45) is -4.90. The molecule has 0 amide bonds. The molecule has 6 nitrogen and oxygen atoms in total. The molecule has 1 aromatic carbocycles. The normalized spacial score (nSPS) is 13.7. The molecule has 0 fully saturated rings. The lowest BCUT2D eigenvalue weighted by Gasteiger charge is -2.15. The molecule has 0 saturated carbocycles. The summed E-state index contributed by atoms with van der Waals surface area (Å²) in [4.78, 5) is 10.8. The van der Waals surface area contributed by atoms with Crippen LogP contribution >= 0.6 is 0 Å². The van der Waals surface area contributed by atoms with Crippen LogP contribution in [0.1, 0.15) is 22.8 Å². The second kappa shape index (κ2) is 7.28. The first-order valence-corrected chi connectivity index (χ1v) is 7.97. The van der Waals surface area contributed by atoms with Gasteiger partial charge in [-0.15, -0.1) is 0 Å². The van der Waals surface area contributed by atoms with Crippen LogP contribution in [-0.4, -0.2) is 41.1 Å². The number of esters is 1. The Hall–Kier alpha value is -1.65. The molecule has 0 aliphatic heterocycles. The maximum absolute atomic E-state index is 13.0. The topological polar surface area (TPSA) is 84.5 Å². The van der Waals surface area contributed by atoms with Gasteiger partial charge in [-0.1, -0.05) is 0 Å². The molecule has 1 rings (SSSR count). The van der Waals surface area contributed by atoms with Gasteiger partial charge < -0.3 is 10.1 Å². The van der Waals surface area contributed by atoms with Crippen molar-refractivity contribution in [1.29, 1.82) is 0 Å². The van der Waals surface area contributed by atoms with E-state index < -0.39 is 38.2 Å². The van der Waals surface area contributed by atoms with E-state index in [1.807, 2.05) is 0 Å². The van der Waals surface area contributed by atoms with E-state index in [9.17, 15) is 26.4 Å². The summed E-state index contributed by atoms with van der Waals surface area (Å²) < 4.78 is 69.7. The molecule has 1 unspecified atom stereocenters. The fourth-order valence-electron chi connectivity index (χ4n) is 1.63. The van der Waals surface area contributed by atoms with E-state index in [2.05, 4.69) is 14.8 Å². The van der Waals surface area contributed by atoms with Crippen molar-refractivity contribution in [1.82, 2.24) is 10.0 Å². The number of halogens is 3. The van der Waals surface area contributed by atoms with Crippen molar-refractivity contribution < 1.29 is 31.1 Å². The predicted molar refractivity (Wildman–Crippen MR) is 76.5 cm³/mol. The van der Waals surface area contributed by atoms with Gasteiger partial charge in [-0.2, -0.15) is 13.2 Å². The van der Waals surface area contributed by atoms with Gasteiger partial charge in [-0.05, 0) is 32.2 Å². The first-order chi connectivity index (χ1) is 10.5. The molecule has 2 N–H and O–H groups in total. The fraction of sp³-hybridized carbons (Fsp3) is 0.462. The van der Waals surface area contributed by atoms with Gasteiger partial charge in [0.2, 0.25) is 10.0 Å². The highest BCUT2D eigenvalue weighted by Gasteiger charge is 2.37. The number of benzene rings is 1. The summed E-state index contributed by atoms with van der Waals surface area (Å²) in [5, 5.41) is 2.79. The fourth-order valence-corrected chi connectivity index (χ4v) is 2.79. The highest BCUT2D eigenvalue weighted by Crippen LogP contribution is 2.33. The quantitative estimate of drug-likeness (QED) is 0.754. The number of hydrogen-bond donors (Lipinski definition) is 2. The zero-order chi connectivity index (χ0) is 17.8. The maximum Gasteiger partial charge on any atom is 0.417 e. The monoisotopic (exact) mass is 354 g/mol. The van der Waals surface area contributed by atoms with Crippen LogP contribution in [0.4, 0.5) is 13.2 Å². The molecule has 0 saturated heterocycles. The third-order valence-electron chi connectivity index (χ3n) is 3.08. The van der Waals surface area contributed by atoms with E-state index >= 15 is 0 Å². The molecule has 0 aromatic heterocycles. The minimum Gasteiger partial charge on any atom is -0.465 e. The van der Waals surface area contributed by atoms with Crippen molar-refractivity contribution in [2.45, 2.75) is 24.0 Å². The molecule has 1 atom stereocenters. The number of nitrogens with one attached hydrogen (secondary N) is 2. The largest absolute Gasteiger partial charge is 0.465 e. The Morgan fingerprint density at radius 2 is 1.96 bits per heavy atom. The minimum atomic E-state index is -4.90. The minimum absolute atomic E-state index is 0.00105.